The molecular formula is C11H14BrNO4S. The molecule has 1 atom stereocenters. The molecule has 1 rings (SSSR count). The van der Waals surface area contributed by atoms with Crippen LogP contribution in [0.2, 0.25) is 0 Å². The fourth-order valence-electron chi connectivity index (χ4n) is 1.33. The van der Waals surface area contributed by atoms with Crippen LogP contribution in [0.25, 0.3) is 0 Å². The highest BCUT2D eigenvalue weighted by atomic mass is 79.9. The van der Waals surface area contributed by atoms with Crippen molar-refractivity contribution < 1.29 is 19.4 Å². The molecule has 0 bridgehead atoms. The van der Waals surface area contributed by atoms with Crippen LogP contribution >= 0.6 is 27.3 Å². The zero-order valence-corrected chi connectivity index (χ0v) is 12.6. The zero-order chi connectivity index (χ0) is 13.9. The minimum atomic E-state index is -1.04. The van der Waals surface area contributed by atoms with E-state index >= 15 is 0 Å². The van der Waals surface area contributed by atoms with Gasteiger partial charge in [0.05, 0.1) is 12.0 Å². The molecule has 0 saturated carbocycles. The van der Waals surface area contributed by atoms with E-state index in [1.54, 1.807) is 19.9 Å². The first-order valence-corrected chi connectivity index (χ1v) is 6.84. The van der Waals surface area contributed by atoms with Gasteiger partial charge < -0.3 is 15.2 Å². The number of methoxy groups -OCH3 is 1. The van der Waals surface area contributed by atoms with Crippen LogP contribution in [0.5, 0.6) is 5.75 Å². The number of carboxylic acids is 1. The molecule has 1 unspecified atom stereocenters. The minimum Gasteiger partial charge on any atom is -0.495 e. The molecule has 1 heterocycles. The molecule has 18 heavy (non-hydrogen) atoms. The summed E-state index contributed by atoms with van der Waals surface area (Å²) in [6.45, 7) is 3.48. The molecule has 0 aliphatic rings. The summed E-state index contributed by atoms with van der Waals surface area (Å²) in [5.74, 6) is -1.08. The number of carboxylic acid groups (broad SMARTS) is 1. The Bertz CT molecular complexity index is 458. The van der Waals surface area contributed by atoms with Crippen molar-refractivity contribution in [2.45, 2.75) is 19.9 Å². The predicted molar refractivity (Wildman–Crippen MR) is 72.3 cm³/mol. The van der Waals surface area contributed by atoms with Gasteiger partial charge >= 0.3 is 5.97 Å². The number of hydrogen-bond acceptors (Lipinski definition) is 4. The number of aliphatic carboxylic acids is 1. The fraction of sp³-hybridized carbons (Fsp3) is 0.455. The molecule has 1 aromatic heterocycles. The van der Waals surface area contributed by atoms with E-state index in [9.17, 15) is 9.59 Å². The van der Waals surface area contributed by atoms with E-state index in [4.69, 9.17) is 9.84 Å². The number of halogens is 1. The summed E-state index contributed by atoms with van der Waals surface area (Å²) in [5, 5.41) is 11.5. The van der Waals surface area contributed by atoms with E-state index in [1.165, 1.54) is 18.4 Å². The van der Waals surface area contributed by atoms with E-state index in [2.05, 4.69) is 21.2 Å². The lowest BCUT2D eigenvalue weighted by molar-refractivity contribution is -0.140. The second-order valence-corrected chi connectivity index (χ2v) is 6.36. The molecule has 0 aromatic carbocycles. The molecule has 100 valence electrons. The summed E-state index contributed by atoms with van der Waals surface area (Å²) >= 11 is 4.47. The van der Waals surface area contributed by atoms with Crippen molar-refractivity contribution in [3.05, 3.63) is 14.7 Å². The van der Waals surface area contributed by atoms with Gasteiger partial charge in [0.2, 0.25) is 0 Å². The Hall–Kier alpha value is -1.08. The molecule has 0 fully saturated rings. The summed E-state index contributed by atoms with van der Waals surface area (Å²) < 4.78 is 5.74. The van der Waals surface area contributed by atoms with Gasteiger partial charge in [-0.1, -0.05) is 13.8 Å². The predicted octanol–water partition coefficient (Wildman–Crippen LogP) is 2.36. The Morgan fingerprint density at radius 3 is 2.50 bits per heavy atom. The minimum absolute atomic E-state index is 0.184. The maximum Gasteiger partial charge on any atom is 0.326 e. The third-order valence-electron chi connectivity index (χ3n) is 2.32. The van der Waals surface area contributed by atoms with Gasteiger partial charge in [0.25, 0.3) is 5.91 Å². The van der Waals surface area contributed by atoms with Crippen molar-refractivity contribution in [1.82, 2.24) is 5.32 Å². The number of ether oxygens (including phenoxy) is 1. The molecule has 2 N–H and O–H groups in total. The van der Waals surface area contributed by atoms with Crippen molar-refractivity contribution in [2.24, 2.45) is 5.92 Å². The number of carbonyl (C=O) groups excluding carboxylic acids is 1. The molecule has 1 aromatic rings. The molecule has 5 nitrogen and oxygen atoms in total. The van der Waals surface area contributed by atoms with Crippen LogP contribution < -0.4 is 10.1 Å². The van der Waals surface area contributed by atoms with E-state index in [-0.39, 0.29) is 5.92 Å². The van der Waals surface area contributed by atoms with Gasteiger partial charge in [-0.05, 0) is 21.8 Å². The number of thiophene rings is 1. The lowest BCUT2D eigenvalue weighted by Gasteiger charge is -2.17. The third-order valence-corrected chi connectivity index (χ3v) is 4.10. The van der Waals surface area contributed by atoms with Gasteiger partial charge in [0.1, 0.15) is 15.6 Å². The second-order valence-electron chi connectivity index (χ2n) is 3.99. The van der Waals surface area contributed by atoms with E-state index in [1.807, 2.05) is 0 Å². The Morgan fingerprint density at radius 1 is 1.50 bits per heavy atom. The van der Waals surface area contributed by atoms with E-state index in [0.717, 1.165) is 0 Å². The average Bonchev–Trinajstić information content (AvgIpc) is 2.66. The summed E-state index contributed by atoms with van der Waals surface area (Å²) in [7, 11) is 1.50. The molecule has 1 amide bonds. The highest BCUT2D eigenvalue weighted by Crippen LogP contribution is 2.34. The first-order valence-electron chi connectivity index (χ1n) is 5.23. The lowest BCUT2D eigenvalue weighted by Crippen LogP contribution is -2.44. The Labute approximate surface area is 117 Å². The molecule has 0 radical (unpaired) electrons. The number of rotatable bonds is 5. The van der Waals surface area contributed by atoms with E-state index < -0.39 is 17.9 Å². The zero-order valence-electron chi connectivity index (χ0n) is 10.2. The van der Waals surface area contributed by atoms with Crippen LogP contribution in [0, 0.1) is 5.92 Å². The van der Waals surface area contributed by atoms with Crippen molar-refractivity contribution in [1.29, 1.82) is 0 Å². The monoisotopic (exact) mass is 335 g/mol. The van der Waals surface area contributed by atoms with Gasteiger partial charge in [-0.15, -0.1) is 11.3 Å². The number of carbonyl (C=O) groups is 2. The second kappa shape index (κ2) is 6.19. The van der Waals surface area contributed by atoms with Crippen molar-refractivity contribution in [3.8, 4) is 5.75 Å². The van der Waals surface area contributed by atoms with E-state index in [0.29, 0.717) is 14.4 Å². The standard InChI is InChI=1S/C11H14BrNO4S/c1-5(2)8(11(15)16)13-10(14)7-4-6(17-3)9(12)18-7/h4-5,8H,1-3H3,(H,13,14)(H,15,16). The Morgan fingerprint density at radius 2 is 2.11 bits per heavy atom. The summed E-state index contributed by atoms with van der Waals surface area (Å²) in [6, 6.07) is 0.674. The number of amides is 1. The van der Waals surface area contributed by atoms with Gasteiger partial charge in [-0.3, -0.25) is 4.79 Å². The van der Waals surface area contributed by atoms with Crippen molar-refractivity contribution in [2.75, 3.05) is 7.11 Å². The van der Waals surface area contributed by atoms with Gasteiger partial charge in [-0.25, -0.2) is 4.79 Å². The highest BCUT2D eigenvalue weighted by Gasteiger charge is 2.25. The summed E-state index contributed by atoms with van der Waals surface area (Å²) in [4.78, 5) is 23.3. The SMILES string of the molecule is COc1cc(C(=O)NC(C(=O)O)C(C)C)sc1Br. The quantitative estimate of drug-likeness (QED) is 0.866. The van der Waals surface area contributed by atoms with Crippen LogP contribution in [-0.2, 0) is 4.79 Å². The smallest absolute Gasteiger partial charge is 0.326 e. The molecule has 0 aliphatic heterocycles. The summed E-state index contributed by atoms with van der Waals surface area (Å²) in [5.41, 5.74) is 0. The van der Waals surface area contributed by atoms with Crippen molar-refractivity contribution >= 4 is 39.1 Å². The average molecular weight is 336 g/mol. The molecule has 0 aliphatic carbocycles. The van der Waals surface area contributed by atoms with Gasteiger partial charge in [0.15, 0.2) is 0 Å². The highest BCUT2D eigenvalue weighted by molar-refractivity contribution is 9.11. The topological polar surface area (TPSA) is 75.6 Å². The first-order chi connectivity index (χ1) is 8.36. The van der Waals surface area contributed by atoms with Gasteiger partial charge in [-0.2, -0.15) is 0 Å². The normalized spacial score (nSPS) is 12.3. The lowest BCUT2D eigenvalue weighted by atomic mass is 10.0. The molecular weight excluding hydrogens is 322 g/mol. The van der Waals surface area contributed by atoms with Crippen LogP contribution in [0.1, 0.15) is 23.5 Å². The van der Waals surface area contributed by atoms with Crippen LogP contribution in [-0.4, -0.2) is 30.1 Å². The molecule has 7 heteroatoms. The fourth-order valence-corrected chi connectivity index (χ4v) is 2.88. The maximum absolute atomic E-state index is 11.9. The first kappa shape index (κ1) is 15.0. The number of nitrogens with one attached hydrogen (secondary N) is 1. The molecule has 0 spiro atoms. The van der Waals surface area contributed by atoms with Crippen molar-refractivity contribution in [3.63, 3.8) is 0 Å². The van der Waals surface area contributed by atoms with Crippen LogP contribution in [0.3, 0.4) is 0 Å². The molecule has 0 saturated heterocycles. The largest absolute Gasteiger partial charge is 0.495 e. The number of hydrogen-bond donors (Lipinski definition) is 2. The maximum atomic E-state index is 11.9. The summed E-state index contributed by atoms with van der Waals surface area (Å²) in [6.07, 6.45) is 0. The van der Waals surface area contributed by atoms with Crippen LogP contribution in [0.15, 0.2) is 9.85 Å². The Balaban J connectivity index is 2.83. The van der Waals surface area contributed by atoms with Gasteiger partial charge in [0, 0.05) is 6.07 Å². The van der Waals surface area contributed by atoms with Crippen LogP contribution in [0.4, 0.5) is 0 Å². The Kier molecular flexibility index (Phi) is 5.15. The third kappa shape index (κ3) is 3.46.